The molecule has 2 heteroatoms. The van der Waals surface area contributed by atoms with E-state index in [1.165, 1.54) is 57.1 Å². The molecule has 1 heterocycles. The largest absolute Gasteiger partial charge is 0.327 e. The molecule has 148 valence electrons. The van der Waals surface area contributed by atoms with Gasteiger partial charge in [-0.05, 0) is 80.6 Å². The molecule has 0 bridgehead atoms. The van der Waals surface area contributed by atoms with Gasteiger partial charge in [0.1, 0.15) is 0 Å². The monoisotopic (exact) mass is 374 g/mol. The van der Waals surface area contributed by atoms with Gasteiger partial charge in [0.2, 0.25) is 0 Å². The minimum atomic E-state index is 0.334. The van der Waals surface area contributed by atoms with Crippen molar-refractivity contribution in [3.8, 4) is 0 Å². The molecule has 0 radical (unpaired) electrons. The number of aliphatic imine (C=N–C) groups is 1. The standard InChI is InChI=1S/C26H34N2/c1-25-15-6-5-7-18(25)10-11-19-20-12-13-24(26(20,2)16-14-21(19)25)28-17-27-22-8-3-4-9-23(22)28/h3-4,8,10,13,17,19-21,23H,5-7,9,11-12,14-16H2,1-2H3. The first kappa shape index (κ1) is 17.3. The molecule has 6 unspecified atom stereocenters. The van der Waals surface area contributed by atoms with Gasteiger partial charge in [0, 0.05) is 11.1 Å². The highest BCUT2D eigenvalue weighted by Crippen LogP contribution is 2.65. The van der Waals surface area contributed by atoms with Gasteiger partial charge < -0.3 is 4.90 Å². The third-order valence-corrected chi connectivity index (χ3v) is 9.61. The number of hydrogen-bond donors (Lipinski definition) is 0. The zero-order valence-corrected chi connectivity index (χ0v) is 17.5. The average molecular weight is 375 g/mol. The molecule has 2 saturated carbocycles. The maximum absolute atomic E-state index is 4.76. The van der Waals surface area contributed by atoms with Crippen LogP contribution >= 0.6 is 0 Å². The Morgan fingerprint density at radius 1 is 1.00 bits per heavy atom. The fraction of sp³-hybridized carbons (Fsp3) is 0.654. The van der Waals surface area contributed by atoms with Crippen LogP contribution in [0, 0.1) is 28.6 Å². The van der Waals surface area contributed by atoms with Crippen LogP contribution in [-0.2, 0) is 0 Å². The summed E-state index contributed by atoms with van der Waals surface area (Å²) in [6.45, 7) is 5.21. The second kappa shape index (κ2) is 5.97. The van der Waals surface area contributed by atoms with Crippen molar-refractivity contribution in [2.75, 3.05) is 0 Å². The highest BCUT2D eigenvalue weighted by atomic mass is 15.3. The van der Waals surface area contributed by atoms with Crippen molar-refractivity contribution >= 4 is 6.34 Å². The Labute approximate surface area is 170 Å². The van der Waals surface area contributed by atoms with E-state index in [1.54, 1.807) is 5.70 Å². The molecule has 0 saturated heterocycles. The van der Waals surface area contributed by atoms with Crippen molar-refractivity contribution < 1.29 is 0 Å². The van der Waals surface area contributed by atoms with Crippen LogP contribution in [0.5, 0.6) is 0 Å². The Bertz CT molecular complexity index is 842. The summed E-state index contributed by atoms with van der Waals surface area (Å²) in [5, 5.41) is 0. The highest BCUT2D eigenvalue weighted by molar-refractivity contribution is 5.67. The Morgan fingerprint density at radius 3 is 2.86 bits per heavy atom. The topological polar surface area (TPSA) is 15.6 Å². The van der Waals surface area contributed by atoms with Crippen LogP contribution in [0.1, 0.15) is 71.6 Å². The van der Waals surface area contributed by atoms with Crippen molar-refractivity contribution in [2.24, 2.45) is 33.6 Å². The molecule has 0 aromatic rings. The van der Waals surface area contributed by atoms with Crippen LogP contribution < -0.4 is 0 Å². The zero-order valence-electron chi connectivity index (χ0n) is 17.5. The number of nitrogens with zero attached hydrogens (tertiary/aromatic N) is 2. The van der Waals surface area contributed by atoms with Gasteiger partial charge in [0.15, 0.2) is 0 Å². The zero-order chi connectivity index (χ0) is 18.9. The summed E-state index contributed by atoms with van der Waals surface area (Å²) >= 11 is 0. The van der Waals surface area contributed by atoms with Gasteiger partial charge in [-0.1, -0.05) is 50.1 Å². The molecule has 6 aliphatic rings. The summed E-state index contributed by atoms with van der Waals surface area (Å²) in [6.07, 6.45) is 26.3. The smallest absolute Gasteiger partial charge is 0.0957 e. The fourth-order valence-electron chi connectivity index (χ4n) is 8.07. The molecule has 1 aliphatic heterocycles. The molecule has 2 nitrogen and oxygen atoms in total. The van der Waals surface area contributed by atoms with Gasteiger partial charge in [-0.2, -0.15) is 0 Å². The quantitative estimate of drug-likeness (QED) is 0.486. The Kier molecular flexibility index (Phi) is 3.69. The Hall–Kier alpha value is -1.57. The predicted molar refractivity (Wildman–Crippen MR) is 116 cm³/mol. The van der Waals surface area contributed by atoms with E-state index < -0.39 is 0 Å². The van der Waals surface area contributed by atoms with Gasteiger partial charge in [-0.3, -0.25) is 0 Å². The average Bonchev–Trinajstić information content (AvgIpc) is 3.28. The van der Waals surface area contributed by atoms with Crippen LogP contribution in [0.2, 0.25) is 0 Å². The molecular weight excluding hydrogens is 340 g/mol. The summed E-state index contributed by atoms with van der Waals surface area (Å²) in [5.41, 5.74) is 5.51. The predicted octanol–water partition coefficient (Wildman–Crippen LogP) is 6.39. The van der Waals surface area contributed by atoms with E-state index in [0.717, 1.165) is 24.2 Å². The van der Waals surface area contributed by atoms with E-state index >= 15 is 0 Å². The van der Waals surface area contributed by atoms with Crippen molar-refractivity contribution in [1.29, 1.82) is 0 Å². The number of rotatable bonds is 1. The third-order valence-electron chi connectivity index (χ3n) is 9.61. The van der Waals surface area contributed by atoms with Crippen LogP contribution in [0.15, 0.2) is 52.3 Å². The second-order valence-corrected chi connectivity index (χ2v) is 10.7. The minimum absolute atomic E-state index is 0.334. The fourth-order valence-corrected chi connectivity index (χ4v) is 8.07. The first-order valence-corrected chi connectivity index (χ1v) is 11.7. The van der Waals surface area contributed by atoms with Crippen LogP contribution in [-0.4, -0.2) is 17.3 Å². The lowest BCUT2D eigenvalue weighted by Crippen LogP contribution is -2.50. The summed E-state index contributed by atoms with van der Waals surface area (Å²) in [6, 6.07) is 0.443. The van der Waals surface area contributed by atoms with Gasteiger partial charge in [-0.15, -0.1) is 0 Å². The maximum Gasteiger partial charge on any atom is 0.0957 e. The minimum Gasteiger partial charge on any atom is -0.327 e. The van der Waals surface area contributed by atoms with Gasteiger partial charge >= 0.3 is 0 Å². The first-order valence-electron chi connectivity index (χ1n) is 11.7. The van der Waals surface area contributed by atoms with Crippen molar-refractivity contribution in [1.82, 2.24) is 4.90 Å². The lowest BCUT2D eigenvalue weighted by atomic mass is 9.48. The van der Waals surface area contributed by atoms with E-state index in [1.807, 2.05) is 5.57 Å². The Morgan fingerprint density at radius 2 is 1.93 bits per heavy atom. The van der Waals surface area contributed by atoms with E-state index in [4.69, 9.17) is 4.99 Å². The first-order chi connectivity index (χ1) is 13.6. The molecular formula is C26H34N2. The van der Waals surface area contributed by atoms with E-state index in [2.05, 4.69) is 55.5 Å². The van der Waals surface area contributed by atoms with Gasteiger partial charge in [0.25, 0.3) is 0 Å². The molecule has 5 aliphatic carbocycles. The molecule has 6 atom stereocenters. The van der Waals surface area contributed by atoms with Crippen LogP contribution in [0.4, 0.5) is 0 Å². The molecule has 0 aromatic carbocycles. The second-order valence-electron chi connectivity index (χ2n) is 10.7. The maximum atomic E-state index is 4.76. The lowest BCUT2D eigenvalue weighted by molar-refractivity contribution is -0.0227. The van der Waals surface area contributed by atoms with Crippen molar-refractivity contribution in [3.05, 3.63) is 47.3 Å². The summed E-state index contributed by atoms with van der Waals surface area (Å²) in [4.78, 5) is 7.30. The number of hydrogen-bond acceptors (Lipinski definition) is 2. The molecule has 0 N–H and O–H groups in total. The number of allylic oxidation sites excluding steroid dienone is 6. The molecule has 6 rings (SSSR count). The lowest BCUT2D eigenvalue weighted by Gasteiger charge is -2.57. The van der Waals surface area contributed by atoms with Crippen molar-refractivity contribution in [3.63, 3.8) is 0 Å². The van der Waals surface area contributed by atoms with Gasteiger partial charge in [-0.25, -0.2) is 4.99 Å². The highest BCUT2D eigenvalue weighted by Gasteiger charge is 2.57. The summed E-state index contributed by atoms with van der Waals surface area (Å²) < 4.78 is 0. The third kappa shape index (κ3) is 2.18. The molecule has 0 amide bonds. The molecule has 2 fully saturated rings. The molecule has 28 heavy (non-hydrogen) atoms. The SMILES string of the molecule is CC12CCCCC1=CCC1C2CCC2(C)C(N3C=NC4=CC=CCC43)=CCC12. The molecule has 0 aromatic heterocycles. The van der Waals surface area contributed by atoms with Gasteiger partial charge in [0.05, 0.1) is 18.1 Å². The van der Waals surface area contributed by atoms with Crippen LogP contribution in [0.25, 0.3) is 0 Å². The normalized spacial score (nSPS) is 46.2. The van der Waals surface area contributed by atoms with Crippen LogP contribution in [0.3, 0.4) is 0 Å². The van der Waals surface area contributed by atoms with E-state index in [0.29, 0.717) is 16.9 Å². The summed E-state index contributed by atoms with van der Waals surface area (Å²) in [5.74, 6) is 2.61. The van der Waals surface area contributed by atoms with E-state index in [-0.39, 0.29) is 0 Å². The molecule has 0 spiro atoms. The summed E-state index contributed by atoms with van der Waals surface area (Å²) in [7, 11) is 0. The van der Waals surface area contributed by atoms with Crippen molar-refractivity contribution in [2.45, 2.75) is 77.7 Å². The Balaban J connectivity index is 1.31. The van der Waals surface area contributed by atoms with E-state index in [9.17, 15) is 0 Å². The number of fused-ring (bicyclic) bond motifs is 6.